The van der Waals surface area contributed by atoms with Crippen LogP contribution < -0.4 is 4.80 Å². The minimum Gasteiger partial charge on any atom is -0.317 e. The Morgan fingerprint density at radius 1 is 1.20 bits per heavy atom. The summed E-state index contributed by atoms with van der Waals surface area (Å²) in [6, 6.07) is 13.9. The molecule has 0 unspecified atom stereocenters. The number of rotatable bonds is 4. The molecule has 0 spiro atoms. The van der Waals surface area contributed by atoms with E-state index in [1.54, 1.807) is 12.1 Å². The van der Waals surface area contributed by atoms with Gasteiger partial charge in [0.1, 0.15) is 0 Å². The maximum Gasteiger partial charge on any atom is 0.294 e. The van der Waals surface area contributed by atoms with Crippen molar-refractivity contribution in [1.82, 2.24) is 4.57 Å². The highest BCUT2D eigenvalue weighted by atomic mass is 79.9. The van der Waals surface area contributed by atoms with Gasteiger partial charge < -0.3 is 4.57 Å². The highest BCUT2D eigenvalue weighted by Gasteiger charge is 2.09. The molecule has 25 heavy (non-hydrogen) atoms. The van der Waals surface area contributed by atoms with Crippen LogP contribution in [0.3, 0.4) is 0 Å². The van der Waals surface area contributed by atoms with Crippen LogP contribution in [0.2, 0.25) is 0 Å². The molecule has 2 aromatic carbocycles. The quantitative estimate of drug-likeness (QED) is 0.610. The number of benzene rings is 2. The van der Waals surface area contributed by atoms with Crippen LogP contribution in [0.1, 0.15) is 6.92 Å². The van der Waals surface area contributed by atoms with Crippen molar-refractivity contribution in [2.75, 3.05) is 0 Å². The molecule has 0 atom stereocenters. The van der Waals surface area contributed by atoms with Crippen molar-refractivity contribution < 1.29 is 13.0 Å². The molecular formula is C17H15BrN2O3S2. The second-order valence-corrected chi connectivity index (χ2v) is 8.41. The average molecular weight is 439 g/mol. The maximum absolute atomic E-state index is 11.1. The van der Waals surface area contributed by atoms with E-state index in [0.29, 0.717) is 5.69 Å². The van der Waals surface area contributed by atoms with E-state index in [0.717, 1.165) is 27.1 Å². The molecule has 0 saturated heterocycles. The number of thiazole rings is 1. The van der Waals surface area contributed by atoms with Gasteiger partial charge in [0.15, 0.2) is 4.80 Å². The minimum atomic E-state index is -4.19. The highest BCUT2D eigenvalue weighted by molar-refractivity contribution is 9.10. The Kier molecular flexibility index (Phi) is 5.24. The number of nitrogens with zero attached hydrogens (tertiary/aromatic N) is 2. The summed E-state index contributed by atoms with van der Waals surface area (Å²) < 4.78 is 34.4. The zero-order valence-corrected chi connectivity index (χ0v) is 16.5. The molecule has 1 N–H and O–H groups in total. The standard InChI is InChI=1S/C17H15BrN2O3S2/c1-2-20-16(12-4-3-5-13(18)10-12)11-24-17(20)19-14-6-8-15(9-7-14)25(21,22)23/h3-11H,2H2,1H3,(H,21,22,23). The predicted octanol–water partition coefficient (Wildman–Crippen LogP) is 4.48. The summed E-state index contributed by atoms with van der Waals surface area (Å²) in [5.41, 5.74) is 2.79. The van der Waals surface area contributed by atoms with Crippen LogP contribution >= 0.6 is 27.3 Å². The van der Waals surface area contributed by atoms with Gasteiger partial charge in [-0.05, 0) is 43.3 Å². The molecule has 3 aromatic rings. The van der Waals surface area contributed by atoms with Crippen LogP contribution in [-0.2, 0) is 16.7 Å². The first-order chi connectivity index (χ1) is 11.9. The van der Waals surface area contributed by atoms with Crippen LogP contribution in [0.5, 0.6) is 0 Å². The first kappa shape index (κ1) is 18.1. The summed E-state index contributed by atoms with van der Waals surface area (Å²) in [5.74, 6) is 0. The largest absolute Gasteiger partial charge is 0.317 e. The fraction of sp³-hybridized carbons (Fsp3) is 0.118. The van der Waals surface area contributed by atoms with Crippen LogP contribution in [0.15, 0.2) is 68.3 Å². The van der Waals surface area contributed by atoms with Crippen LogP contribution in [0, 0.1) is 0 Å². The van der Waals surface area contributed by atoms with Gasteiger partial charge in [0.25, 0.3) is 10.1 Å². The number of aromatic nitrogens is 1. The predicted molar refractivity (Wildman–Crippen MR) is 103 cm³/mol. The van der Waals surface area contributed by atoms with Gasteiger partial charge in [-0.2, -0.15) is 8.42 Å². The van der Waals surface area contributed by atoms with E-state index < -0.39 is 10.1 Å². The normalized spacial score (nSPS) is 12.5. The van der Waals surface area contributed by atoms with E-state index in [1.165, 1.54) is 23.5 Å². The third-order valence-corrected chi connectivity index (χ3v) is 5.82. The summed E-state index contributed by atoms with van der Waals surface area (Å²) >= 11 is 5.01. The molecule has 0 radical (unpaired) electrons. The van der Waals surface area contributed by atoms with E-state index in [1.807, 2.05) is 18.2 Å². The lowest BCUT2D eigenvalue weighted by Crippen LogP contribution is -2.14. The molecule has 130 valence electrons. The Morgan fingerprint density at radius 3 is 2.52 bits per heavy atom. The second-order valence-electron chi connectivity index (χ2n) is 5.24. The average Bonchev–Trinajstić information content (AvgIpc) is 2.97. The Labute approximate surface area is 158 Å². The van der Waals surface area contributed by atoms with Gasteiger partial charge in [0.05, 0.1) is 16.3 Å². The molecule has 0 aliphatic rings. The third kappa shape index (κ3) is 4.09. The van der Waals surface area contributed by atoms with Gasteiger partial charge >= 0.3 is 0 Å². The molecule has 8 heteroatoms. The maximum atomic E-state index is 11.1. The molecule has 0 amide bonds. The Bertz CT molecular complexity index is 1070. The highest BCUT2D eigenvalue weighted by Crippen LogP contribution is 2.24. The lowest BCUT2D eigenvalue weighted by molar-refractivity contribution is 0.483. The van der Waals surface area contributed by atoms with Gasteiger partial charge in [0, 0.05) is 22.0 Å². The van der Waals surface area contributed by atoms with Crippen LogP contribution in [0.4, 0.5) is 5.69 Å². The third-order valence-electron chi connectivity index (χ3n) is 3.59. The van der Waals surface area contributed by atoms with Crippen molar-refractivity contribution in [3.63, 3.8) is 0 Å². The van der Waals surface area contributed by atoms with Crippen molar-refractivity contribution in [2.24, 2.45) is 4.99 Å². The number of hydrogen-bond donors (Lipinski definition) is 1. The van der Waals surface area contributed by atoms with E-state index >= 15 is 0 Å². The molecule has 1 heterocycles. The SMILES string of the molecule is CCn1c(-c2cccc(Br)c2)csc1=Nc1ccc(S(=O)(=O)O)cc1. The van der Waals surface area contributed by atoms with E-state index in [-0.39, 0.29) is 4.90 Å². The molecule has 0 aliphatic heterocycles. The summed E-state index contributed by atoms with van der Waals surface area (Å²) in [6.45, 7) is 2.81. The lowest BCUT2D eigenvalue weighted by atomic mass is 10.2. The van der Waals surface area contributed by atoms with Gasteiger partial charge in [-0.15, -0.1) is 11.3 Å². The minimum absolute atomic E-state index is 0.143. The molecular weight excluding hydrogens is 424 g/mol. The molecule has 1 aromatic heterocycles. The van der Waals surface area contributed by atoms with Gasteiger partial charge in [-0.25, -0.2) is 4.99 Å². The lowest BCUT2D eigenvalue weighted by Gasteiger charge is -2.06. The van der Waals surface area contributed by atoms with Crippen molar-refractivity contribution in [2.45, 2.75) is 18.4 Å². The van der Waals surface area contributed by atoms with Gasteiger partial charge in [0.2, 0.25) is 0 Å². The first-order valence-electron chi connectivity index (χ1n) is 7.45. The summed E-state index contributed by atoms with van der Waals surface area (Å²) in [4.78, 5) is 5.27. The monoisotopic (exact) mass is 438 g/mol. The molecule has 0 fully saturated rings. The van der Waals surface area contributed by atoms with Gasteiger partial charge in [-0.3, -0.25) is 4.55 Å². The number of halogens is 1. The topological polar surface area (TPSA) is 71.7 Å². The van der Waals surface area contributed by atoms with Crippen molar-refractivity contribution in [3.8, 4) is 11.3 Å². The summed E-state index contributed by atoms with van der Waals surface area (Å²) in [6.07, 6.45) is 0. The zero-order chi connectivity index (χ0) is 18.0. The number of hydrogen-bond acceptors (Lipinski definition) is 4. The van der Waals surface area contributed by atoms with Crippen LogP contribution in [0.25, 0.3) is 11.3 Å². The fourth-order valence-electron chi connectivity index (χ4n) is 2.41. The summed E-state index contributed by atoms with van der Waals surface area (Å²) in [5, 5.41) is 2.05. The fourth-order valence-corrected chi connectivity index (χ4v) is 4.28. The van der Waals surface area contributed by atoms with Crippen LogP contribution in [-0.4, -0.2) is 17.5 Å². The molecule has 0 saturated carbocycles. The Hall–Kier alpha value is -1.74. The molecule has 5 nitrogen and oxygen atoms in total. The van der Waals surface area contributed by atoms with E-state index in [2.05, 4.69) is 43.9 Å². The molecule has 3 rings (SSSR count). The molecule has 0 aliphatic carbocycles. The zero-order valence-electron chi connectivity index (χ0n) is 13.3. The smallest absolute Gasteiger partial charge is 0.294 e. The van der Waals surface area contributed by atoms with Gasteiger partial charge in [-0.1, -0.05) is 28.1 Å². The second kappa shape index (κ2) is 7.25. The summed E-state index contributed by atoms with van der Waals surface area (Å²) in [7, 11) is -4.19. The van der Waals surface area contributed by atoms with E-state index in [9.17, 15) is 8.42 Å². The molecule has 0 bridgehead atoms. The van der Waals surface area contributed by atoms with Crippen molar-refractivity contribution in [3.05, 3.63) is 63.2 Å². The van der Waals surface area contributed by atoms with E-state index in [4.69, 9.17) is 4.55 Å². The Balaban J connectivity index is 2.05. The first-order valence-corrected chi connectivity index (χ1v) is 10.6. The van der Waals surface area contributed by atoms with Crippen molar-refractivity contribution >= 4 is 43.1 Å². The Morgan fingerprint density at radius 2 is 1.92 bits per heavy atom. The van der Waals surface area contributed by atoms with Crippen molar-refractivity contribution in [1.29, 1.82) is 0 Å².